The molecule has 0 amide bonds. The van der Waals surface area contributed by atoms with E-state index >= 15 is 0 Å². The molecule has 0 heterocycles. The Kier molecular flexibility index (Phi) is 9.71. The summed E-state index contributed by atoms with van der Waals surface area (Å²) in [6.07, 6.45) is 3.88. The molecule has 0 rings (SSSR count). The van der Waals surface area contributed by atoms with Gasteiger partial charge in [-0.1, -0.05) is 12.7 Å². The van der Waals surface area contributed by atoms with Gasteiger partial charge in [-0.05, 0) is 46.5 Å². The van der Waals surface area contributed by atoms with Crippen LogP contribution >= 0.6 is 0 Å². The number of hydrogen-bond donors (Lipinski definition) is 1. The molecule has 0 aliphatic rings. The van der Waals surface area contributed by atoms with Crippen molar-refractivity contribution in [2.75, 3.05) is 6.61 Å². The van der Waals surface area contributed by atoms with E-state index in [0.717, 1.165) is 0 Å². The number of rotatable bonds is 10. The number of carbonyl (C=O) groups excluding carboxylic acids is 2. The van der Waals surface area contributed by atoms with Crippen molar-refractivity contribution in [2.45, 2.75) is 71.0 Å². The Hall–Kier alpha value is -1.36. The van der Waals surface area contributed by atoms with Crippen molar-refractivity contribution in [3.63, 3.8) is 0 Å². The van der Waals surface area contributed by atoms with Crippen LogP contribution in [0.3, 0.4) is 0 Å². The van der Waals surface area contributed by atoms with E-state index in [2.05, 4.69) is 6.58 Å². The normalized spacial score (nSPS) is 12.6. The Labute approximate surface area is 127 Å². The van der Waals surface area contributed by atoms with Gasteiger partial charge in [0.05, 0.1) is 0 Å². The van der Waals surface area contributed by atoms with E-state index in [1.54, 1.807) is 26.8 Å². The fraction of sp³-hybridized carbons (Fsp3) is 0.750. The number of aliphatic hydroxyl groups excluding tert-OH is 1. The molecule has 1 N–H and O–H groups in total. The van der Waals surface area contributed by atoms with Gasteiger partial charge in [0.1, 0.15) is 17.5 Å². The summed E-state index contributed by atoms with van der Waals surface area (Å²) in [7, 11) is 0. The van der Waals surface area contributed by atoms with Gasteiger partial charge in [-0.3, -0.25) is 4.79 Å². The van der Waals surface area contributed by atoms with Gasteiger partial charge >= 0.3 is 6.16 Å². The smallest absolute Gasteiger partial charge is 0.429 e. The van der Waals surface area contributed by atoms with Gasteiger partial charge in [-0.2, -0.15) is 0 Å². The second-order valence-electron chi connectivity index (χ2n) is 5.97. The van der Waals surface area contributed by atoms with Crippen molar-refractivity contribution < 1.29 is 24.2 Å². The van der Waals surface area contributed by atoms with Crippen LogP contribution in [0.15, 0.2) is 12.7 Å². The SMILES string of the molecule is C=CC(CCCC(=O)CCCCO)OC(=O)OC(C)(C)C. The van der Waals surface area contributed by atoms with E-state index in [0.29, 0.717) is 38.5 Å². The molecule has 122 valence electrons. The summed E-state index contributed by atoms with van der Waals surface area (Å²) in [4.78, 5) is 23.1. The predicted octanol–water partition coefficient (Wildman–Crippen LogP) is 3.39. The lowest BCUT2D eigenvalue weighted by Gasteiger charge is -2.21. The molecule has 5 heteroatoms. The van der Waals surface area contributed by atoms with Crippen LogP contribution in [-0.4, -0.2) is 35.4 Å². The van der Waals surface area contributed by atoms with E-state index in [4.69, 9.17) is 14.6 Å². The number of aliphatic hydroxyl groups is 1. The quantitative estimate of drug-likeness (QED) is 0.380. The first-order chi connectivity index (χ1) is 9.78. The largest absolute Gasteiger partial charge is 0.509 e. The minimum Gasteiger partial charge on any atom is -0.429 e. The maximum Gasteiger partial charge on any atom is 0.509 e. The second-order valence-corrected chi connectivity index (χ2v) is 5.97. The lowest BCUT2D eigenvalue weighted by Crippen LogP contribution is -2.27. The van der Waals surface area contributed by atoms with E-state index in [9.17, 15) is 9.59 Å². The third-order valence-electron chi connectivity index (χ3n) is 2.71. The first-order valence-electron chi connectivity index (χ1n) is 7.43. The zero-order chi connectivity index (χ0) is 16.3. The molecule has 0 saturated carbocycles. The zero-order valence-electron chi connectivity index (χ0n) is 13.4. The fourth-order valence-electron chi connectivity index (χ4n) is 1.68. The van der Waals surface area contributed by atoms with Crippen molar-refractivity contribution in [3.8, 4) is 0 Å². The maximum atomic E-state index is 11.6. The molecule has 0 aliphatic heterocycles. The summed E-state index contributed by atoms with van der Waals surface area (Å²) in [5, 5.41) is 8.64. The van der Waals surface area contributed by atoms with Crippen LogP contribution in [-0.2, 0) is 14.3 Å². The molecule has 0 saturated heterocycles. The first-order valence-corrected chi connectivity index (χ1v) is 7.43. The van der Waals surface area contributed by atoms with Crippen LogP contribution in [0.4, 0.5) is 4.79 Å². The minimum absolute atomic E-state index is 0.121. The van der Waals surface area contributed by atoms with Crippen LogP contribution in [0, 0.1) is 0 Å². The molecule has 0 radical (unpaired) electrons. The van der Waals surface area contributed by atoms with Gasteiger partial charge in [-0.15, -0.1) is 0 Å². The number of unbranched alkanes of at least 4 members (excludes halogenated alkanes) is 1. The zero-order valence-corrected chi connectivity index (χ0v) is 13.4. The van der Waals surface area contributed by atoms with Crippen LogP contribution in [0.5, 0.6) is 0 Å². The Morgan fingerprint density at radius 2 is 1.81 bits per heavy atom. The number of carbonyl (C=O) groups is 2. The second kappa shape index (κ2) is 10.4. The van der Waals surface area contributed by atoms with Gasteiger partial charge in [0.15, 0.2) is 0 Å². The number of hydrogen-bond acceptors (Lipinski definition) is 5. The van der Waals surface area contributed by atoms with Crippen molar-refractivity contribution in [3.05, 3.63) is 12.7 Å². The molecular weight excluding hydrogens is 272 g/mol. The van der Waals surface area contributed by atoms with Crippen molar-refractivity contribution in [1.29, 1.82) is 0 Å². The lowest BCUT2D eigenvalue weighted by atomic mass is 10.1. The summed E-state index contributed by atoms with van der Waals surface area (Å²) in [6.45, 7) is 9.04. The average Bonchev–Trinajstić information content (AvgIpc) is 2.35. The Bertz CT molecular complexity index is 330. The molecule has 0 aromatic carbocycles. The van der Waals surface area contributed by atoms with Crippen LogP contribution < -0.4 is 0 Å². The highest BCUT2D eigenvalue weighted by atomic mass is 16.7. The van der Waals surface area contributed by atoms with Gasteiger partial charge < -0.3 is 14.6 Å². The summed E-state index contributed by atoms with van der Waals surface area (Å²) in [6, 6.07) is 0. The van der Waals surface area contributed by atoms with Gasteiger partial charge in [0.2, 0.25) is 0 Å². The average molecular weight is 300 g/mol. The molecule has 0 aliphatic carbocycles. The van der Waals surface area contributed by atoms with Crippen LogP contribution in [0.25, 0.3) is 0 Å². The standard InChI is InChI=1S/C16H28O5/c1-5-14(20-15(19)21-16(2,3)4)11-8-10-13(18)9-6-7-12-17/h5,14,17H,1,6-12H2,2-4H3. The van der Waals surface area contributed by atoms with Gasteiger partial charge in [-0.25, -0.2) is 4.79 Å². The molecule has 1 unspecified atom stereocenters. The van der Waals surface area contributed by atoms with E-state index in [-0.39, 0.29) is 12.4 Å². The maximum absolute atomic E-state index is 11.6. The highest BCUT2D eigenvalue weighted by Gasteiger charge is 2.20. The molecule has 21 heavy (non-hydrogen) atoms. The topological polar surface area (TPSA) is 72.8 Å². The Balaban J connectivity index is 3.92. The molecule has 5 nitrogen and oxygen atoms in total. The highest BCUT2D eigenvalue weighted by molar-refractivity contribution is 5.78. The first kappa shape index (κ1) is 19.6. The molecule has 0 aromatic heterocycles. The summed E-state index contributed by atoms with van der Waals surface area (Å²) >= 11 is 0. The Morgan fingerprint density at radius 3 is 2.33 bits per heavy atom. The molecule has 0 spiro atoms. The molecule has 0 aromatic rings. The highest BCUT2D eigenvalue weighted by Crippen LogP contribution is 2.13. The third-order valence-corrected chi connectivity index (χ3v) is 2.71. The van der Waals surface area contributed by atoms with Gasteiger partial charge in [0, 0.05) is 19.4 Å². The molecule has 0 fully saturated rings. The van der Waals surface area contributed by atoms with Crippen LogP contribution in [0.1, 0.15) is 59.3 Å². The monoisotopic (exact) mass is 300 g/mol. The summed E-state index contributed by atoms with van der Waals surface area (Å²) in [5.74, 6) is 0.170. The van der Waals surface area contributed by atoms with Crippen molar-refractivity contribution in [1.82, 2.24) is 0 Å². The number of Topliss-reactive ketones (excluding diaryl/α,β-unsaturated/α-hetero) is 1. The van der Waals surface area contributed by atoms with E-state index < -0.39 is 17.9 Å². The number of ketones is 1. The molecule has 1 atom stereocenters. The Morgan fingerprint density at radius 1 is 1.19 bits per heavy atom. The van der Waals surface area contributed by atoms with Crippen molar-refractivity contribution >= 4 is 11.9 Å². The van der Waals surface area contributed by atoms with Crippen molar-refractivity contribution in [2.24, 2.45) is 0 Å². The fourth-order valence-corrected chi connectivity index (χ4v) is 1.68. The van der Waals surface area contributed by atoms with Crippen LogP contribution in [0.2, 0.25) is 0 Å². The molecule has 0 bridgehead atoms. The lowest BCUT2D eigenvalue weighted by molar-refractivity contribution is -0.119. The third kappa shape index (κ3) is 12.1. The minimum atomic E-state index is -0.721. The predicted molar refractivity (Wildman–Crippen MR) is 81.1 cm³/mol. The number of ether oxygens (including phenoxy) is 2. The van der Waals surface area contributed by atoms with E-state index in [1.807, 2.05) is 0 Å². The summed E-state index contributed by atoms with van der Waals surface area (Å²) in [5.41, 5.74) is -0.592. The van der Waals surface area contributed by atoms with E-state index in [1.165, 1.54) is 0 Å². The summed E-state index contributed by atoms with van der Waals surface area (Å²) < 4.78 is 10.2. The van der Waals surface area contributed by atoms with Gasteiger partial charge in [0.25, 0.3) is 0 Å². The molecular formula is C16H28O5.